The largest absolute Gasteiger partial charge is 0.506 e. The van der Waals surface area contributed by atoms with Gasteiger partial charge in [0, 0.05) is 11.4 Å². The fourth-order valence-corrected chi connectivity index (χ4v) is 2.93. The molecule has 0 atom stereocenters. The third kappa shape index (κ3) is 2.64. The molecule has 1 N–H and O–H groups in total. The first kappa shape index (κ1) is 14.8. The van der Waals surface area contributed by atoms with E-state index >= 15 is 0 Å². The molecule has 0 unspecified atom stereocenters. The first-order chi connectivity index (χ1) is 10.6. The molecule has 1 heterocycles. The molecule has 0 saturated carbocycles. The maximum Gasteiger partial charge on any atom is 0.139 e. The highest BCUT2D eigenvalue weighted by molar-refractivity contribution is 6.32. The molecule has 3 aromatic rings. The van der Waals surface area contributed by atoms with Gasteiger partial charge in [-0.3, -0.25) is 0 Å². The fourth-order valence-electron chi connectivity index (χ4n) is 2.73. The molecular weight excluding hydrogens is 298 g/mol. The monoisotopic (exact) mass is 315 g/mol. The Balaban J connectivity index is 1.99. The van der Waals surface area contributed by atoms with Crippen LogP contribution in [-0.4, -0.2) is 9.67 Å². The topological polar surface area (TPSA) is 34.4 Å². The third-order valence-corrected chi connectivity index (χ3v) is 3.96. The molecule has 0 aliphatic carbocycles. The van der Waals surface area contributed by atoms with Gasteiger partial charge in [0.1, 0.15) is 18.1 Å². The lowest BCUT2D eigenvalue weighted by molar-refractivity contribution is 0.293. The Kier molecular flexibility index (Phi) is 3.99. The number of hydrogen-bond acceptors (Lipinski definition) is 2. The number of nitrogens with zero attached hydrogens (tertiary/aromatic N) is 1. The van der Waals surface area contributed by atoms with E-state index in [2.05, 4.69) is 18.4 Å². The van der Waals surface area contributed by atoms with E-state index in [0.717, 1.165) is 16.6 Å². The van der Waals surface area contributed by atoms with Crippen molar-refractivity contribution in [1.29, 1.82) is 0 Å². The van der Waals surface area contributed by atoms with Gasteiger partial charge in [-0.1, -0.05) is 35.9 Å². The Bertz CT molecular complexity index is 808. The number of rotatable bonds is 4. The van der Waals surface area contributed by atoms with Crippen LogP contribution in [0, 0.1) is 0 Å². The van der Waals surface area contributed by atoms with Crippen LogP contribution in [-0.2, 0) is 6.61 Å². The first-order valence-corrected chi connectivity index (χ1v) is 7.65. The van der Waals surface area contributed by atoms with Crippen LogP contribution >= 0.6 is 11.6 Å². The predicted molar refractivity (Wildman–Crippen MR) is 89.8 cm³/mol. The molecular formula is C18H18ClNO2. The summed E-state index contributed by atoms with van der Waals surface area (Å²) in [5.41, 5.74) is 1.85. The van der Waals surface area contributed by atoms with E-state index in [-0.39, 0.29) is 11.8 Å². The van der Waals surface area contributed by atoms with Gasteiger partial charge in [0.2, 0.25) is 0 Å². The van der Waals surface area contributed by atoms with Gasteiger partial charge < -0.3 is 14.4 Å². The summed E-state index contributed by atoms with van der Waals surface area (Å²) in [5, 5.41) is 11.8. The van der Waals surface area contributed by atoms with Crippen molar-refractivity contribution in [1.82, 2.24) is 4.57 Å². The lowest BCUT2D eigenvalue weighted by atomic mass is 10.2. The lowest BCUT2D eigenvalue weighted by Crippen LogP contribution is -2.08. The van der Waals surface area contributed by atoms with Crippen molar-refractivity contribution in [3.05, 3.63) is 59.2 Å². The van der Waals surface area contributed by atoms with Gasteiger partial charge in [-0.15, -0.1) is 0 Å². The summed E-state index contributed by atoms with van der Waals surface area (Å²) in [6, 6.07) is 15.2. The summed E-state index contributed by atoms with van der Waals surface area (Å²) < 4.78 is 7.95. The molecule has 0 aliphatic rings. The Morgan fingerprint density at radius 1 is 1.14 bits per heavy atom. The molecule has 0 amide bonds. The lowest BCUT2D eigenvalue weighted by Gasteiger charge is -2.16. The van der Waals surface area contributed by atoms with Crippen LogP contribution in [0.1, 0.15) is 25.6 Å². The van der Waals surface area contributed by atoms with Crippen LogP contribution in [0.4, 0.5) is 0 Å². The molecule has 0 bridgehead atoms. The van der Waals surface area contributed by atoms with Gasteiger partial charge in [-0.05, 0) is 38.1 Å². The number of aromatic hydroxyl groups is 1. The number of halogens is 1. The van der Waals surface area contributed by atoms with Crippen molar-refractivity contribution < 1.29 is 9.84 Å². The van der Waals surface area contributed by atoms with E-state index < -0.39 is 0 Å². The Morgan fingerprint density at radius 3 is 2.64 bits per heavy atom. The SMILES string of the molecule is CC(C)n1c(COc2ccccc2Cl)cc2cccc(O)c21. The molecule has 0 spiro atoms. The van der Waals surface area contributed by atoms with Crippen molar-refractivity contribution in [2.45, 2.75) is 26.5 Å². The standard InChI is InChI=1S/C18H18ClNO2/c1-12(2)20-14(10-13-6-5-8-16(21)18(13)20)11-22-17-9-4-3-7-15(17)19/h3-10,12,21H,11H2,1-2H3. The van der Waals surface area contributed by atoms with Gasteiger partial charge in [0.25, 0.3) is 0 Å². The third-order valence-electron chi connectivity index (χ3n) is 3.65. The summed E-state index contributed by atoms with van der Waals surface area (Å²) >= 11 is 6.12. The molecule has 1 aromatic heterocycles. The van der Waals surface area contributed by atoms with Crippen molar-refractivity contribution in [2.75, 3.05) is 0 Å². The maximum absolute atomic E-state index is 10.2. The van der Waals surface area contributed by atoms with Gasteiger partial charge >= 0.3 is 0 Å². The molecule has 114 valence electrons. The molecule has 0 saturated heterocycles. The number of hydrogen-bond donors (Lipinski definition) is 1. The summed E-state index contributed by atoms with van der Waals surface area (Å²) in [7, 11) is 0. The molecule has 0 aliphatic heterocycles. The van der Waals surface area contributed by atoms with Crippen molar-refractivity contribution >= 4 is 22.5 Å². The second kappa shape index (κ2) is 5.93. The number of fused-ring (bicyclic) bond motifs is 1. The summed E-state index contributed by atoms with van der Waals surface area (Å²) in [4.78, 5) is 0. The van der Waals surface area contributed by atoms with E-state index in [1.165, 1.54) is 0 Å². The predicted octanol–water partition coefficient (Wildman–Crippen LogP) is 5.16. The summed E-state index contributed by atoms with van der Waals surface area (Å²) in [6.45, 7) is 4.58. The number of aromatic nitrogens is 1. The zero-order valence-electron chi connectivity index (χ0n) is 12.6. The van der Waals surface area contributed by atoms with Crippen molar-refractivity contribution in [3.63, 3.8) is 0 Å². The summed E-state index contributed by atoms with van der Waals surface area (Å²) in [6.07, 6.45) is 0. The highest BCUT2D eigenvalue weighted by Gasteiger charge is 2.15. The van der Waals surface area contributed by atoms with Crippen LogP contribution < -0.4 is 4.74 Å². The van der Waals surface area contributed by atoms with Crippen LogP contribution in [0.25, 0.3) is 10.9 Å². The second-order valence-electron chi connectivity index (χ2n) is 5.53. The molecule has 0 fully saturated rings. The summed E-state index contributed by atoms with van der Waals surface area (Å²) in [5.74, 6) is 0.948. The minimum absolute atomic E-state index is 0.218. The molecule has 3 nitrogen and oxygen atoms in total. The Morgan fingerprint density at radius 2 is 1.91 bits per heavy atom. The second-order valence-corrected chi connectivity index (χ2v) is 5.94. The number of phenolic OH excluding ortho intramolecular Hbond substituents is 1. The molecule has 4 heteroatoms. The van der Waals surface area contributed by atoms with E-state index in [9.17, 15) is 5.11 Å². The van der Waals surface area contributed by atoms with E-state index in [4.69, 9.17) is 16.3 Å². The zero-order valence-corrected chi connectivity index (χ0v) is 13.3. The highest BCUT2D eigenvalue weighted by Crippen LogP contribution is 2.32. The molecule has 22 heavy (non-hydrogen) atoms. The Labute approximate surface area is 134 Å². The average molecular weight is 316 g/mol. The number of benzene rings is 2. The number of phenols is 1. The smallest absolute Gasteiger partial charge is 0.139 e. The van der Waals surface area contributed by atoms with Crippen LogP contribution in [0.5, 0.6) is 11.5 Å². The van der Waals surface area contributed by atoms with Gasteiger partial charge in [0.15, 0.2) is 0 Å². The van der Waals surface area contributed by atoms with Gasteiger partial charge in [-0.25, -0.2) is 0 Å². The van der Waals surface area contributed by atoms with E-state index in [0.29, 0.717) is 17.4 Å². The number of ether oxygens (including phenoxy) is 1. The van der Waals surface area contributed by atoms with Crippen LogP contribution in [0.3, 0.4) is 0 Å². The Hall–Kier alpha value is -2.13. The van der Waals surface area contributed by atoms with Crippen LogP contribution in [0.15, 0.2) is 48.5 Å². The first-order valence-electron chi connectivity index (χ1n) is 7.27. The average Bonchev–Trinajstić information content (AvgIpc) is 2.86. The van der Waals surface area contributed by atoms with E-state index in [1.807, 2.05) is 36.4 Å². The molecule has 2 aromatic carbocycles. The number of para-hydroxylation sites is 2. The van der Waals surface area contributed by atoms with E-state index in [1.54, 1.807) is 12.1 Å². The van der Waals surface area contributed by atoms with Gasteiger partial charge in [0.05, 0.1) is 16.2 Å². The van der Waals surface area contributed by atoms with Crippen LogP contribution in [0.2, 0.25) is 5.02 Å². The van der Waals surface area contributed by atoms with Crippen molar-refractivity contribution in [2.24, 2.45) is 0 Å². The normalized spacial score (nSPS) is 11.3. The van der Waals surface area contributed by atoms with Crippen molar-refractivity contribution in [3.8, 4) is 11.5 Å². The van der Waals surface area contributed by atoms with Gasteiger partial charge in [-0.2, -0.15) is 0 Å². The minimum Gasteiger partial charge on any atom is -0.506 e. The zero-order chi connectivity index (χ0) is 15.7. The fraction of sp³-hybridized carbons (Fsp3) is 0.222. The molecule has 0 radical (unpaired) electrons. The maximum atomic E-state index is 10.2. The molecule has 3 rings (SSSR count). The minimum atomic E-state index is 0.218. The highest BCUT2D eigenvalue weighted by atomic mass is 35.5. The quantitative estimate of drug-likeness (QED) is 0.721.